The van der Waals surface area contributed by atoms with Crippen LogP contribution in [0.5, 0.6) is 0 Å². The molecule has 0 unspecified atom stereocenters. The fraction of sp³-hybridized carbons (Fsp3) is 0.111. The molecule has 12 heavy (non-hydrogen) atoms. The van der Waals surface area contributed by atoms with Gasteiger partial charge in [-0.05, 0) is 0 Å². The van der Waals surface area contributed by atoms with Crippen molar-refractivity contribution in [2.45, 2.75) is 0 Å². The maximum Gasteiger partial charge on any atom is 0.602 e. The van der Waals surface area contributed by atoms with Crippen molar-refractivity contribution in [3.8, 4) is 0 Å². The highest BCUT2D eigenvalue weighted by atomic mass is 16.5. The lowest BCUT2D eigenvalue weighted by atomic mass is 10.5. The van der Waals surface area contributed by atoms with E-state index >= 15 is 0 Å². The molecular weight excluding hydrogens is 154 g/mol. The third-order valence-corrected chi connectivity index (χ3v) is 1.25. The average molecular weight is 164 g/mol. The Labute approximate surface area is 70.9 Å². The predicted molar refractivity (Wildman–Crippen MR) is 43.6 cm³/mol. The lowest BCUT2D eigenvalue weighted by molar-refractivity contribution is -0.585. The molecular formula is C9H10NO2+. The van der Waals surface area contributed by atoms with Crippen LogP contribution >= 0.6 is 0 Å². The van der Waals surface area contributed by atoms with E-state index in [1.165, 1.54) is 10.6 Å². The van der Waals surface area contributed by atoms with E-state index in [1.807, 2.05) is 6.07 Å². The van der Waals surface area contributed by atoms with E-state index in [0.29, 0.717) is 0 Å². The van der Waals surface area contributed by atoms with Crippen LogP contribution in [-0.2, 0) is 4.74 Å². The molecule has 1 aromatic rings. The van der Waals surface area contributed by atoms with E-state index in [1.54, 1.807) is 24.5 Å². The molecule has 3 heteroatoms. The van der Waals surface area contributed by atoms with Gasteiger partial charge < -0.3 is 4.74 Å². The molecule has 1 heterocycles. The minimum atomic E-state index is -0.393. The maximum atomic E-state index is 11.1. The highest BCUT2D eigenvalue weighted by Crippen LogP contribution is 1.81. The third kappa shape index (κ3) is 2.20. The van der Waals surface area contributed by atoms with Crippen molar-refractivity contribution in [3.05, 3.63) is 43.2 Å². The van der Waals surface area contributed by atoms with E-state index in [9.17, 15) is 4.79 Å². The summed E-state index contributed by atoms with van der Waals surface area (Å²) in [6.45, 7) is 3.68. The number of hydrogen-bond donors (Lipinski definition) is 0. The van der Waals surface area contributed by atoms with Crippen LogP contribution in [0.2, 0.25) is 0 Å². The molecule has 1 rings (SSSR count). The molecule has 62 valence electrons. The van der Waals surface area contributed by atoms with Crippen LogP contribution in [-0.4, -0.2) is 12.7 Å². The Balaban J connectivity index is 2.59. The second-order valence-corrected chi connectivity index (χ2v) is 2.15. The number of ether oxygens (including phenoxy) is 1. The first-order chi connectivity index (χ1) is 5.84. The first-order valence-electron chi connectivity index (χ1n) is 3.59. The van der Waals surface area contributed by atoms with Gasteiger partial charge in [-0.3, -0.25) is 0 Å². The number of aromatic nitrogens is 1. The maximum absolute atomic E-state index is 11.1. The van der Waals surface area contributed by atoms with E-state index in [0.717, 1.165) is 0 Å². The van der Waals surface area contributed by atoms with Crippen molar-refractivity contribution in [1.82, 2.24) is 0 Å². The summed E-state index contributed by atoms with van der Waals surface area (Å²) in [6, 6.07) is 5.35. The molecule has 0 N–H and O–H groups in total. The second kappa shape index (κ2) is 4.28. The van der Waals surface area contributed by atoms with Crippen LogP contribution in [0.3, 0.4) is 0 Å². The minimum Gasteiger partial charge on any atom is -0.407 e. The highest BCUT2D eigenvalue weighted by molar-refractivity contribution is 5.56. The summed E-state index contributed by atoms with van der Waals surface area (Å²) >= 11 is 0. The summed E-state index contributed by atoms with van der Waals surface area (Å²) in [4.78, 5) is 11.1. The molecule has 0 saturated heterocycles. The van der Waals surface area contributed by atoms with Crippen LogP contribution in [0.15, 0.2) is 43.2 Å². The molecule has 3 nitrogen and oxygen atoms in total. The van der Waals surface area contributed by atoms with Crippen LogP contribution in [0.25, 0.3) is 0 Å². The normalized spacial score (nSPS) is 9.00. The molecule has 0 radical (unpaired) electrons. The van der Waals surface area contributed by atoms with Crippen LogP contribution in [0, 0.1) is 0 Å². The van der Waals surface area contributed by atoms with Crippen LogP contribution in [0.4, 0.5) is 4.79 Å². The van der Waals surface area contributed by atoms with Gasteiger partial charge in [-0.1, -0.05) is 23.3 Å². The van der Waals surface area contributed by atoms with E-state index in [4.69, 9.17) is 4.74 Å². The van der Waals surface area contributed by atoms with Gasteiger partial charge in [-0.25, -0.2) is 0 Å². The van der Waals surface area contributed by atoms with Crippen molar-refractivity contribution >= 4 is 6.09 Å². The van der Waals surface area contributed by atoms with Gasteiger partial charge in [-0.15, -0.1) is 0 Å². The smallest absolute Gasteiger partial charge is 0.407 e. The molecule has 0 aliphatic rings. The highest BCUT2D eigenvalue weighted by Gasteiger charge is 2.12. The van der Waals surface area contributed by atoms with Crippen molar-refractivity contribution in [3.63, 3.8) is 0 Å². The number of hydrogen-bond acceptors (Lipinski definition) is 2. The Kier molecular flexibility index (Phi) is 3.02. The van der Waals surface area contributed by atoms with Gasteiger partial charge in [0.05, 0.1) is 0 Å². The van der Waals surface area contributed by atoms with E-state index in [-0.39, 0.29) is 6.61 Å². The largest absolute Gasteiger partial charge is 0.602 e. The first-order valence-corrected chi connectivity index (χ1v) is 3.59. The molecule has 0 aromatic carbocycles. The zero-order valence-corrected chi connectivity index (χ0v) is 6.64. The van der Waals surface area contributed by atoms with Crippen molar-refractivity contribution in [2.24, 2.45) is 0 Å². The third-order valence-electron chi connectivity index (χ3n) is 1.25. The van der Waals surface area contributed by atoms with Crippen molar-refractivity contribution in [1.29, 1.82) is 0 Å². The van der Waals surface area contributed by atoms with Gasteiger partial charge >= 0.3 is 6.09 Å². The quantitative estimate of drug-likeness (QED) is 0.484. The predicted octanol–water partition coefficient (Wildman–Crippen LogP) is 1.14. The molecule has 1 aromatic heterocycles. The minimum absolute atomic E-state index is 0.237. The molecule has 0 fully saturated rings. The van der Waals surface area contributed by atoms with Gasteiger partial charge in [0.2, 0.25) is 0 Å². The van der Waals surface area contributed by atoms with Gasteiger partial charge in [0, 0.05) is 12.1 Å². The fourth-order valence-electron chi connectivity index (χ4n) is 0.725. The lowest BCUT2D eigenvalue weighted by Crippen LogP contribution is -2.42. The summed E-state index contributed by atoms with van der Waals surface area (Å²) in [7, 11) is 0. The fourth-order valence-corrected chi connectivity index (χ4v) is 0.725. The number of nitrogens with zero attached hydrogens (tertiary/aromatic N) is 1. The zero-order chi connectivity index (χ0) is 8.81. The summed E-state index contributed by atoms with van der Waals surface area (Å²) < 4.78 is 6.15. The second-order valence-electron chi connectivity index (χ2n) is 2.15. The summed E-state index contributed by atoms with van der Waals surface area (Å²) in [5.74, 6) is 0. The first kappa shape index (κ1) is 8.46. The molecule has 0 atom stereocenters. The van der Waals surface area contributed by atoms with E-state index < -0.39 is 6.09 Å². The SMILES string of the molecule is C=CCOC(=O)[n+]1ccccc1. The number of carbonyl (C=O) groups excluding carboxylic acids is 1. The molecule has 0 aliphatic heterocycles. The Hall–Kier alpha value is -1.64. The molecule has 0 bridgehead atoms. The van der Waals surface area contributed by atoms with Crippen molar-refractivity contribution < 1.29 is 14.1 Å². The van der Waals surface area contributed by atoms with Crippen LogP contribution < -0.4 is 4.57 Å². The Morgan fingerprint density at radius 1 is 1.42 bits per heavy atom. The Morgan fingerprint density at radius 3 is 2.67 bits per heavy atom. The average Bonchev–Trinajstić information content (AvgIpc) is 2.15. The van der Waals surface area contributed by atoms with E-state index in [2.05, 4.69) is 6.58 Å². The standard InChI is InChI=1S/C9H10NO2/c1-2-8-12-9(11)10-6-4-3-5-7-10/h2-7H,1,8H2/q+1. The summed E-state index contributed by atoms with van der Waals surface area (Å²) in [5, 5.41) is 0. The Bertz CT molecular complexity index is 269. The lowest BCUT2D eigenvalue weighted by Gasteiger charge is -1.93. The topological polar surface area (TPSA) is 30.2 Å². The molecule has 0 saturated carbocycles. The summed E-state index contributed by atoms with van der Waals surface area (Å²) in [5.41, 5.74) is 0. The van der Waals surface area contributed by atoms with Gasteiger partial charge in [-0.2, -0.15) is 4.79 Å². The van der Waals surface area contributed by atoms with Gasteiger partial charge in [0.1, 0.15) is 6.61 Å². The summed E-state index contributed by atoms with van der Waals surface area (Å²) in [6.07, 6.45) is 4.40. The van der Waals surface area contributed by atoms with Gasteiger partial charge in [0.15, 0.2) is 12.4 Å². The zero-order valence-electron chi connectivity index (χ0n) is 6.64. The molecule has 0 aliphatic carbocycles. The number of carbonyl (C=O) groups is 1. The number of rotatable bonds is 2. The monoisotopic (exact) mass is 164 g/mol. The Morgan fingerprint density at radius 2 is 2.08 bits per heavy atom. The molecule has 0 amide bonds. The van der Waals surface area contributed by atoms with Gasteiger partial charge in [0.25, 0.3) is 0 Å². The van der Waals surface area contributed by atoms with Crippen molar-refractivity contribution in [2.75, 3.05) is 6.61 Å². The number of pyridine rings is 1. The molecule has 0 spiro atoms. The van der Waals surface area contributed by atoms with Crippen LogP contribution in [0.1, 0.15) is 0 Å².